The highest BCUT2D eigenvalue weighted by Gasteiger charge is 2.32. The molecule has 7 nitrogen and oxygen atoms in total. The van der Waals surface area contributed by atoms with E-state index >= 15 is 0 Å². The molecule has 1 N–H and O–H groups in total. The number of amides is 1. The third kappa shape index (κ3) is 4.99. The van der Waals surface area contributed by atoms with E-state index in [9.17, 15) is 13.2 Å². The van der Waals surface area contributed by atoms with Gasteiger partial charge in [0.25, 0.3) is 0 Å². The molecule has 0 aromatic heterocycles. The Morgan fingerprint density at radius 3 is 2.50 bits per heavy atom. The van der Waals surface area contributed by atoms with Crippen molar-refractivity contribution in [1.82, 2.24) is 5.32 Å². The highest BCUT2D eigenvalue weighted by Crippen LogP contribution is 2.33. The monoisotopic (exact) mass is 452 g/mol. The van der Waals surface area contributed by atoms with Crippen LogP contribution in [0.5, 0.6) is 11.5 Å². The molecule has 0 unspecified atom stereocenters. The maximum Gasteiger partial charge on any atom is 0.244 e. The predicted octanol–water partition coefficient (Wildman–Crippen LogP) is 3.53. The molecule has 0 saturated heterocycles. The molecular formula is C21H25ClN2O5S. The van der Waals surface area contributed by atoms with Gasteiger partial charge in [0.15, 0.2) is 11.5 Å². The Hall–Kier alpha value is -2.45. The van der Waals surface area contributed by atoms with Crippen molar-refractivity contribution in [3.05, 3.63) is 53.1 Å². The highest BCUT2D eigenvalue weighted by atomic mass is 35.5. The molecule has 0 radical (unpaired) electrons. The Kier molecular flexibility index (Phi) is 6.77. The van der Waals surface area contributed by atoms with Crippen molar-refractivity contribution in [3.8, 4) is 11.5 Å². The van der Waals surface area contributed by atoms with Crippen molar-refractivity contribution in [3.63, 3.8) is 0 Å². The maximum atomic E-state index is 13.1. The quantitative estimate of drug-likeness (QED) is 0.694. The number of halogens is 1. The van der Waals surface area contributed by atoms with E-state index in [1.54, 1.807) is 31.2 Å². The van der Waals surface area contributed by atoms with E-state index in [1.807, 2.05) is 19.1 Å². The summed E-state index contributed by atoms with van der Waals surface area (Å²) in [5.41, 5.74) is 1.18. The summed E-state index contributed by atoms with van der Waals surface area (Å²) in [6, 6.07) is 10.7. The molecule has 30 heavy (non-hydrogen) atoms. The molecule has 1 aliphatic rings. The van der Waals surface area contributed by atoms with Gasteiger partial charge in [0, 0.05) is 5.02 Å². The van der Waals surface area contributed by atoms with Crippen LogP contribution >= 0.6 is 11.6 Å². The van der Waals surface area contributed by atoms with Gasteiger partial charge < -0.3 is 14.8 Å². The van der Waals surface area contributed by atoms with Gasteiger partial charge in [-0.15, -0.1) is 0 Å². The molecule has 0 aliphatic carbocycles. The second kappa shape index (κ2) is 9.14. The van der Waals surface area contributed by atoms with Crippen LogP contribution in [0.2, 0.25) is 5.02 Å². The number of carbonyl (C=O) groups excluding carboxylic acids is 1. The van der Waals surface area contributed by atoms with Crippen molar-refractivity contribution in [2.24, 2.45) is 0 Å². The van der Waals surface area contributed by atoms with Gasteiger partial charge in [0.1, 0.15) is 19.3 Å². The number of ether oxygens (including phenoxy) is 2. The summed E-state index contributed by atoms with van der Waals surface area (Å²) in [6.45, 7) is 4.57. The minimum atomic E-state index is -3.73. The van der Waals surface area contributed by atoms with Crippen LogP contribution in [0.15, 0.2) is 42.5 Å². The molecule has 9 heteroatoms. The van der Waals surface area contributed by atoms with Crippen LogP contribution in [0, 0.1) is 0 Å². The first-order chi connectivity index (χ1) is 14.2. The lowest BCUT2D eigenvalue weighted by atomic mass is 10.1. The van der Waals surface area contributed by atoms with Gasteiger partial charge in [0.2, 0.25) is 15.9 Å². The van der Waals surface area contributed by atoms with E-state index in [0.717, 1.165) is 16.1 Å². The molecule has 2 aromatic rings. The molecule has 1 aliphatic heterocycles. The van der Waals surface area contributed by atoms with Crippen LogP contribution in [0.1, 0.15) is 31.9 Å². The number of sulfonamides is 1. The van der Waals surface area contributed by atoms with Gasteiger partial charge in [-0.2, -0.15) is 0 Å². The number of carbonyl (C=O) groups is 1. The molecule has 0 saturated carbocycles. The summed E-state index contributed by atoms with van der Waals surface area (Å²) in [5.74, 6) is 0.896. The second-order valence-electron chi connectivity index (χ2n) is 7.10. The molecule has 2 atom stereocenters. The van der Waals surface area contributed by atoms with Crippen LogP contribution < -0.4 is 19.1 Å². The zero-order valence-corrected chi connectivity index (χ0v) is 18.7. The third-order valence-corrected chi connectivity index (χ3v) is 6.23. The van der Waals surface area contributed by atoms with Crippen molar-refractivity contribution < 1.29 is 22.7 Å². The maximum absolute atomic E-state index is 13.1. The number of rotatable bonds is 7. The van der Waals surface area contributed by atoms with Crippen molar-refractivity contribution >= 4 is 33.2 Å². The van der Waals surface area contributed by atoms with Crippen molar-refractivity contribution in [2.45, 2.75) is 32.4 Å². The van der Waals surface area contributed by atoms with Crippen LogP contribution in [-0.4, -0.2) is 39.8 Å². The summed E-state index contributed by atoms with van der Waals surface area (Å²) < 4.78 is 37.3. The number of hydrogen-bond acceptors (Lipinski definition) is 5. The summed E-state index contributed by atoms with van der Waals surface area (Å²) in [5, 5.41) is 3.31. The molecule has 1 heterocycles. The molecular weight excluding hydrogens is 428 g/mol. The molecule has 2 aromatic carbocycles. The van der Waals surface area contributed by atoms with Gasteiger partial charge in [-0.05, 0) is 49.2 Å². The lowest BCUT2D eigenvalue weighted by Gasteiger charge is -2.31. The number of anilines is 1. The van der Waals surface area contributed by atoms with Gasteiger partial charge in [0.05, 0.1) is 18.0 Å². The Labute approximate surface area is 182 Å². The van der Waals surface area contributed by atoms with Crippen LogP contribution in [0.4, 0.5) is 5.69 Å². The average molecular weight is 453 g/mol. The van der Waals surface area contributed by atoms with Crippen molar-refractivity contribution in [1.29, 1.82) is 0 Å². The Morgan fingerprint density at radius 2 is 1.87 bits per heavy atom. The van der Waals surface area contributed by atoms with E-state index in [1.165, 1.54) is 6.07 Å². The fourth-order valence-corrected chi connectivity index (χ4v) is 4.78. The number of hydrogen-bond donors (Lipinski definition) is 1. The number of nitrogens with one attached hydrogen (secondary N) is 1. The average Bonchev–Trinajstić information content (AvgIpc) is 2.70. The number of nitrogens with zero attached hydrogens (tertiary/aromatic N) is 1. The first kappa shape index (κ1) is 22.2. The first-order valence-electron chi connectivity index (χ1n) is 9.65. The lowest BCUT2D eigenvalue weighted by Crippen LogP contribution is -2.49. The molecule has 162 valence electrons. The summed E-state index contributed by atoms with van der Waals surface area (Å²) in [6.07, 6.45) is 1.37. The first-order valence-corrected chi connectivity index (χ1v) is 11.9. The minimum Gasteiger partial charge on any atom is -0.486 e. The van der Waals surface area contributed by atoms with E-state index < -0.39 is 22.0 Å². The fourth-order valence-electron chi connectivity index (χ4n) is 3.40. The minimum absolute atomic E-state index is 0.291. The van der Waals surface area contributed by atoms with Gasteiger partial charge in [-0.3, -0.25) is 9.10 Å². The topological polar surface area (TPSA) is 84.9 Å². The Morgan fingerprint density at radius 1 is 1.17 bits per heavy atom. The predicted molar refractivity (Wildman–Crippen MR) is 117 cm³/mol. The zero-order valence-electron chi connectivity index (χ0n) is 17.1. The van der Waals surface area contributed by atoms with Gasteiger partial charge in [-0.1, -0.05) is 30.7 Å². The molecule has 0 fully saturated rings. The van der Waals surface area contributed by atoms with E-state index in [2.05, 4.69) is 5.32 Å². The Balaban J connectivity index is 1.83. The van der Waals surface area contributed by atoms with E-state index in [-0.39, 0.29) is 6.04 Å². The molecule has 1 amide bonds. The molecule has 0 spiro atoms. The molecule has 0 bridgehead atoms. The van der Waals surface area contributed by atoms with Crippen LogP contribution in [0.3, 0.4) is 0 Å². The van der Waals surface area contributed by atoms with E-state index in [4.69, 9.17) is 21.1 Å². The summed E-state index contributed by atoms with van der Waals surface area (Å²) in [4.78, 5) is 13.1. The highest BCUT2D eigenvalue weighted by molar-refractivity contribution is 7.92. The largest absolute Gasteiger partial charge is 0.486 e. The summed E-state index contributed by atoms with van der Waals surface area (Å²) in [7, 11) is -3.73. The van der Waals surface area contributed by atoms with Crippen molar-refractivity contribution in [2.75, 3.05) is 23.8 Å². The van der Waals surface area contributed by atoms with Crippen LogP contribution in [-0.2, 0) is 14.8 Å². The third-order valence-electron chi connectivity index (χ3n) is 4.82. The van der Waals surface area contributed by atoms with Crippen LogP contribution in [0.25, 0.3) is 0 Å². The smallest absolute Gasteiger partial charge is 0.244 e. The zero-order chi connectivity index (χ0) is 21.9. The molecule has 3 rings (SSSR count). The summed E-state index contributed by atoms with van der Waals surface area (Å²) >= 11 is 6.04. The normalized spacial score (nSPS) is 15.2. The van der Waals surface area contributed by atoms with E-state index in [0.29, 0.717) is 41.8 Å². The van der Waals surface area contributed by atoms with Gasteiger partial charge in [-0.25, -0.2) is 8.42 Å². The van der Waals surface area contributed by atoms with Gasteiger partial charge >= 0.3 is 0 Å². The number of benzene rings is 2. The fraction of sp³-hybridized carbons (Fsp3) is 0.381. The lowest BCUT2D eigenvalue weighted by molar-refractivity contribution is -0.122. The standard InChI is InChI=1S/C21H25ClN2O5S/c1-4-18(24(30(3,26)27)17-7-5-6-16(22)13-17)21(25)23-14(2)15-8-9-19-20(12-15)29-11-10-28-19/h5-9,12-14,18H,4,10-11H2,1-3H3,(H,23,25)/t14-,18-/m0/s1. The second-order valence-corrected chi connectivity index (χ2v) is 9.39. The Bertz CT molecular complexity index is 1030. The number of fused-ring (bicyclic) bond motifs is 1. The SMILES string of the molecule is CC[C@@H](C(=O)N[C@@H](C)c1ccc2c(c1)OCCO2)N(c1cccc(Cl)c1)S(C)(=O)=O.